The maximum absolute atomic E-state index is 13.9. The number of piperazine rings is 1. The summed E-state index contributed by atoms with van der Waals surface area (Å²) in [5.74, 6) is -0.0477. The topological polar surface area (TPSA) is 203 Å². The molecule has 1 saturated carbocycles. The number of nitrogens with one attached hydrogen (secondary N) is 1. The first kappa shape index (κ1) is 48.9. The van der Waals surface area contributed by atoms with Gasteiger partial charge >= 0.3 is 0 Å². The number of rotatable bonds is 13. The van der Waals surface area contributed by atoms with Crippen LogP contribution in [0.2, 0.25) is 5.02 Å². The van der Waals surface area contributed by atoms with E-state index in [0.29, 0.717) is 71.2 Å². The van der Waals surface area contributed by atoms with Gasteiger partial charge < -0.3 is 30.5 Å². The largest absolute Gasteiger partial charge is 0.489 e. The fraction of sp³-hybridized carbons (Fsp3) is 0.538. The van der Waals surface area contributed by atoms with Crippen molar-refractivity contribution in [2.75, 3.05) is 81.8 Å². The molecule has 9 rings (SSSR count). The Labute approximate surface area is 413 Å². The highest BCUT2D eigenvalue weighted by molar-refractivity contribution is 6.31. The summed E-state index contributed by atoms with van der Waals surface area (Å²) in [4.78, 5) is 76.7. The van der Waals surface area contributed by atoms with Crippen LogP contribution >= 0.6 is 11.6 Å². The lowest BCUT2D eigenvalue weighted by atomic mass is 9.49. The Kier molecular flexibility index (Phi) is 13.9. The van der Waals surface area contributed by atoms with Gasteiger partial charge in [0.25, 0.3) is 17.4 Å². The second kappa shape index (κ2) is 20.0. The quantitative estimate of drug-likeness (QED) is 0.172. The van der Waals surface area contributed by atoms with Crippen LogP contribution in [0.1, 0.15) is 88.2 Å². The molecule has 1 aromatic heterocycles. The summed E-state index contributed by atoms with van der Waals surface area (Å²) < 4.78 is 7.55. The second-order valence-electron chi connectivity index (χ2n) is 21.1. The number of nitrogens with two attached hydrogens (primary N) is 1. The van der Waals surface area contributed by atoms with Gasteiger partial charge in [0.1, 0.15) is 29.5 Å². The molecule has 4 aromatic rings. The fourth-order valence-corrected chi connectivity index (χ4v) is 12.2. The number of hydrogen-bond donors (Lipinski definition) is 2. The van der Waals surface area contributed by atoms with Gasteiger partial charge in [-0.1, -0.05) is 44.5 Å². The van der Waals surface area contributed by atoms with E-state index in [1.165, 1.54) is 4.90 Å². The molecule has 1 aliphatic carbocycles. The minimum absolute atomic E-state index is 0.117. The van der Waals surface area contributed by atoms with E-state index in [-0.39, 0.29) is 66.0 Å². The molecule has 1 atom stereocenters. The van der Waals surface area contributed by atoms with E-state index in [9.17, 15) is 29.2 Å². The van der Waals surface area contributed by atoms with Crippen molar-refractivity contribution >= 4 is 57.5 Å². The molecule has 370 valence electrons. The number of nitrogens with zero attached hydrogens (tertiary/aromatic N) is 9. The van der Waals surface area contributed by atoms with Crippen LogP contribution in [0, 0.1) is 34.0 Å². The maximum Gasteiger partial charge on any atom is 0.278 e. The van der Waals surface area contributed by atoms with E-state index in [0.717, 1.165) is 74.7 Å². The Balaban J connectivity index is 0.709. The highest BCUT2D eigenvalue weighted by atomic mass is 35.5. The van der Waals surface area contributed by atoms with Crippen molar-refractivity contribution in [3.63, 3.8) is 0 Å². The number of anilines is 2. The van der Waals surface area contributed by atoms with Crippen LogP contribution in [-0.4, -0.2) is 137 Å². The smallest absolute Gasteiger partial charge is 0.278 e. The van der Waals surface area contributed by atoms with Crippen LogP contribution in [0.25, 0.3) is 10.9 Å². The molecule has 1 unspecified atom stereocenters. The molecule has 3 aromatic carbocycles. The van der Waals surface area contributed by atoms with Crippen LogP contribution in [0.4, 0.5) is 11.4 Å². The zero-order valence-electron chi connectivity index (χ0n) is 40.6. The Morgan fingerprint density at radius 3 is 2.14 bits per heavy atom. The number of nitriles is 1. The number of likely N-dealkylation sites (tertiary alicyclic amines) is 2. The molecule has 0 bridgehead atoms. The van der Waals surface area contributed by atoms with Gasteiger partial charge in [0, 0.05) is 111 Å². The number of amides is 4. The van der Waals surface area contributed by atoms with Gasteiger partial charge in [-0.05, 0) is 106 Å². The van der Waals surface area contributed by atoms with Gasteiger partial charge in [-0.25, -0.2) is 0 Å². The molecule has 0 radical (unpaired) electrons. The number of hydrogen-bond acceptors (Lipinski definition) is 13. The lowest BCUT2D eigenvalue weighted by Crippen LogP contribution is -2.74. The van der Waals surface area contributed by atoms with Crippen LogP contribution in [-0.2, 0) is 14.4 Å². The highest BCUT2D eigenvalue weighted by Crippen LogP contribution is 2.55. The average molecular weight is 975 g/mol. The van der Waals surface area contributed by atoms with Gasteiger partial charge in [-0.2, -0.15) is 9.94 Å². The first-order valence-corrected chi connectivity index (χ1v) is 25.1. The molecule has 18 heteroatoms. The average Bonchev–Trinajstić information content (AvgIpc) is 3.36. The van der Waals surface area contributed by atoms with Gasteiger partial charge in [0.2, 0.25) is 11.8 Å². The molecule has 0 spiro atoms. The van der Waals surface area contributed by atoms with E-state index in [4.69, 9.17) is 22.1 Å². The molecule has 5 aliphatic rings. The van der Waals surface area contributed by atoms with Crippen molar-refractivity contribution in [3.05, 3.63) is 87.2 Å². The van der Waals surface area contributed by atoms with Crippen LogP contribution in [0.3, 0.4) is 0 Å². The van der Waals surface area contributed by atoms with Gasteiger partial charge in [0.05, 0.1) is 16.0 Å². The molecule has 5 fully saturated rings. The van der Waals surface area contributed by atoms with Crippen molar-refractivity contribution in [3.8, 4) is 11.8 Å². The molecule has 4 saturated heterocycles. The van der Waals surface area contributed by atoms with Crippen LogP contribution < -0.4 is 31.1 Å². The summed E-state index contributed by atoms with van der Waals surface area (Å²) >= 11 is 6.27. The van der Waals surface area contributed by atoms with E-state index in [1.54, 1.807) is 30.3 Å². The number of imide groups is 1. The van der Waals surface area contributed by atoms with Crippen LogP contribution in [0.15, 0.2) is 65.5 Å². The molecule has 70 heavy (non-hydrogen) atoms. The van der Waals surface area contributed by atoms with Gasteiger partial charge in [-0.15, -0.1) is 5.10 Å². The SMILES string of the molecule is CC1(C)C(NC(=O)c2ccc(N3CCN(CC4CCN(CCN5C(=O)CCC(n6nnc7ccc(N8CCC(C(N)=O)CC8)cc7c6=O)C5=O)CC4)CC3)cc2)C(C)(C)C1Oc1ccc(C#N)c(Cl)c1. The Bertz CT molecular complexity index is 2720. The maximum atomic E-state index is 13.9. The number of carbonyl (C=O) groups is 4. The number of benzene rings is 3. The zero-order chi connectivity index (χ0) is 49.5. The third-order valence-corrected chi connectivity index (χ3v) is 16.2. The van der Waals surface area contributed by atoms with Crippen molar-refractivity contribution < 1.29 is 23.9 Å². The van der Waals surface area contributed by atoms with Crippen molar-refractivity contribution in [2.45, 2.75) is 84.4 Å². The van der Waals surface area contributed by atoms with Crippen molar-refractivity contribution in [1.82, 2.24) is 35.0 Å². The first-order valence-electron chi connectivity index (χ1n) is 24.8. The number of ether oxygens (including phenoxy) is 1. The Morgan fingerprint density at radius 2 is 1.49 bits per heavy atom. The molecule has 3 N–H and O–H groups in total. The molecular weight excluding hydrogens is 910 g/mol. The number of primary amides is 1. The zero-order valence-corrected chi connectivity index (χ0v) is 41.4. The highest BCUT2D eigenvalue weighted by Gasteiger charge is 2.64. The van der Waals surface area contributed by atoms with Gasteiger partial charge in [-0.3, -0.25) is 33.8 Å². The summed E-state index contributed by atoms with van der Waals surface area (Å²) in [5, 5.41) is 21.7. The molecule has 4 amide bonds. The predicted molar refractivity (Wildman–Crippen MR) is 267 cm³/mol. The summed E-state index contributed by atoms with van der Waals surface area (Å²) in [6.07, 6.45) is 3.52. The third kappa shape index (κ3) is 9.82. The summed E-state index contributed by atoms with van der Waals surface area (Å²) in [6.45, 7) is 17.0. The second-order valence-corrected chi connectivity index (χ2v) is 21.5. The van der Waals surface area contributed by atoms with Gasteiger partial charge in [0.15, 0.2) is 0 Å². The molecular formula is C52H64ClN11O6. The van der Waals surface area contributed by atoms with Crippen molar-refractivity contribution in [1.29, 1.82) is 5.26 Å². The van der Waals surface area contributed by atoms with E-state index >= 15 is 0 Å². The number of piperidine rings is 3. The first-order chi connectivity index (χ1) is 33.5. The lowest BCUT2D eigenvalue weighted by Gasteiger charge is -2.63. The van der Waals surface area contributed by atoms with Crippen LogP contribution in [0.5, 0.6) is 5.75 Å². The minimum atomic E-state index is -0.910. The van der Waals surface area contributed by atoms with E-state index in [1.807, 2.05) is 30.3 Å². The molecule has 5 heterocycles. The summed E-state index contributed by atoms with van der Waals surface area (Å²) in [6, 6.07) is 19.4. The number of halogens is 1. The predicted octanol–water partition coefficient (Wildman–Crippen LogP) is 4.85. The monoisotopic (exact) mass is 973 g/mol. The standard InChI is InChI=1S/C52H64ClN11O6/c1-51(2)49(52(3,4)50(51)70-39-11-7-36(31-54)41(53)30-39)56-46(67)35-5-8-37(9-6-35)62-26-23-60(24-27-62)32-33-15-19-59(20-16-33)25-28-63-44(65)14-13-43(48(63)69)64-47(68)40-29-38(10-12-42(40)57-58-64)61-21-17-34(18-22-61)45(55)66/h5-12,29-30,33-34,43,49-50H,13-28,32H2,1-4H3,(H2,55,66)(H,56,67). The molecule has 17 nitrogen and oxygen atoms in total. The minimum Gasteiger partial charge on any atom is -0.489 e. The van der Waals surface area contributed by atoms with Crippen molar-refractivity contribution in [2.24, 2.45) is 28.4 Å². The molecule has 4 aliphatic heterocycles. The number of aromatic nitrogens is 3. The van der Waals surface area contributed by atoms with E-state index in [2.05, 4.69) is 69.0 Å². The Morgan fingerprint density at radius 1 is 0.814 bits per heavy atom. The Hall–Kier alpha value is -6.09. The number of carbonyl (C=O) groups excluding carboxylic acids is 4. The van der Waals surface area contributed by atoms with E-state index < -0.39 is 17.5 Å². The third-order valence-electron chi connectivity index (χ3n) is 15.9. The lowest BCUT2D eigenvalue weighted by molar-refractivity contribution is -0.164. The summed E-state index contributed by atoms with van der Waals surface area (Å²) in [7, 11) is 0. The normalized spacial score (nSPS) is 23.5. The summed E-state index contributed by atoms with van der Waals surface area (Å²) in [5.41, 5.74) is 7.76. The number of fused-ring (bicyclic) bond motifs is 1. The fourth-order valence-electron chi connectivity index (χ4n) is 12.0.